The smallest absolute Gasteiger partial charge is 0.326 e. The minimum atomic E-state index is -0.897. The van der Waals surface area contributed by atoms with Gasteiger partial charge in [-0.15, -0.1) is 11.3 Å². The maximum atomic E-state index is 12.2. The molecule has 1 aromatic carbocycles. The van der Waals surface area contributed by atoms with Gasteiger partial charge in [-0.25, -0.2) is 9.78 Å². The lowest BCUT2D eigenvalue weighted by Crippen LogP contribution is -2.60. The summed E-state index contributed by atoms with van der Waals surface area (Å²) < 4.78 is 1.19. The summed E-state index contributed by atoms with van der Waals surface area (Å²) in [5, 5.41) is 10.2. The summed E-state index contributed by atoms with van der Waals surface area (Å²) in [4.78, 5) is 29.3. The summed E-state index contributed by atoms with van der Waals surface area (Å²) in [5.41, 5.74) is 1.03. The molecule has 1 fully saturated rings. The third kappa shape index (κ3) is 3.37. The predicted molar refractivity (Wildman–Crippen MR) is 89.5 cm³/mol. The number of rotatable bonds is 6. The van der Waals surface area contributed by atoms with Gasteiger partial charge >= 0.3 is 5.97 Å². The van der Waals surface area contributed by atoms with E-state index in [-0.39, 0.29) is 11.9 Å². The van der Waals surface area contributed by atoms with Gasteiger partial charge in [-0.05, 0) is 44.7 Å². The van der Waals surface area contributed by atoms with Crippen LogP contribution in [-0.4, -0.2) is 39.0 Å². The fraction of sp³-hybridized carbons (Fsp3) is 0.471. The van der Waals surface area contributed by atoms with Crippen LogP contribution in [0.5, 0.6) is 0 Å². The summed E-state index contributed by atoms with van der Waals surface area (Å²) in [7, 11) is 0. The van der Waals surface area contributed by atoms with Crippen LogP contribution in [0.3, 0.4) is 0 Å². The van der Waals surface area contributed by atoms with Gasteiger partial charge in [0.05, 0.1) is 15.2 Å². The topological polar surface area (TPSA) is 70.5 Å². The maximum Gasteiger partial charge on any atom is 0.326 e. The number of amides is 1. The molecule has 0 spiro atoms. The molecular formula is C17H20N2O3S. The molecule has 6 heteroatoms. The van der Waals surface area contributed by atoms with Crippen LogP contribution in [0, 0.1) is 0 Å². The molecule has 0 aliphatic carbocycles. The van der Waals surface area contributed by atoms with E-state index in [0.29, 0.717) is 12.8 Å². The lowest BCUT2D eigenvalue weighted by molar-refractivity contribution is -0.162. The van der Waals surface area contributed by atoms with Crippen molar-refractivity contribution in [2.24, 2.45) is 0 Å². The first kappa shape index (κ1) is 15.9. The van der Waals surface area contributed by atoms with Crippen molar-refractivity contribution in [3.05, 3.63) is 29.3 Å². The number of likely N-dealkylation sites (tertiary alicyclic amines) is 1. The van der Waals surface area contributed by atoms with E-state index >= 15 is 0 Å². The number of aliphatic carboxylic acids is 1. The molecule has 2 heterocycles. The number of fused-ring (bicyclic) bond motifs is 1. The zero-order chi connectivity index (χ0) is 16.4. The molecule has 1 aromatic heterocycles. The molecule has 1 amide bonds. The van der Waals surface area contributed by atoms with Crippen LogP contribution in [-0.2, 0) is 16.0 Å². The maximum absolute atomic E-state index is 12.2. The van der Waals surface area contributed by atoms with Gasteiger partial charge in [-0.2, -0.15) is 0 Å². The van der Waals surface area contributed by atoms with Gasteiger partial charge in [-0.1, -0.05) is 12.1 Å². The Labute approximate surface area is 138 Å². The van der Waals surface area contributed by atoms with Crippen molar-refractivity contribution >= 4 is 33.4 Å². The van der Waals surface area contributed by atoms with Crippen molar-refractivity contribution in [3.63, 3.8) is 0 Å². The second-order valence-corrected chi connectivity index (χ2v) is 7.14. The lowest BCUT2D eigenvalue weighted by atomic mass is 9.93. The number of aromatic nitrogens is 1. The fourth-order valence-electron chi connectivity index (χ4n) is 3.07. The van der Waals surface area contributed by atoms with E-state index in [2.05, 4.69) is 11.1 Å². The number of para-hydroxylation sites is 1. The van der Waals surface area contributed by atoms with Crippen LogP contribution >= 0.6 is 11.3 Å². The van der Waals surface area contributed by atoms with Gasteiger partial charge < -0.3 is 10.0 Å². The van der Waals surface area contributed by atoms with E-state index in [0.717, 1.165) is 29.8 Å². The van der Waals surface area contributed by atoms with E-state index in [1.54, 1.807) is 11.3 Å². The first-order valence-corrected chi connectivity index (χ1v) is 8.76. The molecule has 122 valence electrons. The van der Waals surface area contributed by atoms with Crippen molar-refractivity contribution in [1.82, 2.24) is 9.88 Å². The van der Waals surface area contributed by atoms with E-state index in [1.807, 2.05) is 25.1 Å². The number of hydrogen-bond acceptors (Lipinski definition) is 4. The number of thiazole rings is 1. The number of benzene rings is 1. The summed E-state index contributed by atoms with van der Waals surface area (Å²) in [5.74, 6) is -0.939. The van der Waals surface area contributed by atoms with Crippen LogP contribution in [0.2, 0.25) is 0 Å². The molecule has 1 saturated heterocycles. The number of nitrogens with zero attached hydrogens (tertiary/aromatic N) is 2. The lowest BCUT2D eigenvalue weighted by Gasteiger charge is -2.44. The molecule has 1 N–H and O–H groups in total. The molecule has 2 atom stereocenters. The highest BCUT2D eigenvalue weighted by atomic mass is 32.1. The van der Waals surface area contributed by atoms with Crippen LogP contribution in [0.15, 0.2) is 24.3 Å². The third-order valence-corrected chi connectivity index (χ3v) is 5.41. The Morgan fingerprint density at radius 2 is 2.13 bits per heavy atom. The molecule has 2 aromatic rings. The fourth-order valence-corrected chi connectivity index (χ4v) is 4.08. The summed E-state index contributed by atoms with van der Waals surface area (Å²) >= 11 is 1.70. The number of unbranched alkanes of at least 4 members (excludes halogenated alkanes) is 1. The second-order valence-electron chi connectivity index (χ2n) is 6.02. The van der Waals surface area contributed by atoms with Crippen molar-refractivity contribution in [2.45, 2.75) is 51.1 Å². The molecule has 3 rings (SSSR count). The molecule has 1 aliphatic rings. The Kier molecular flexibility index (Phi) is 4.61. The number of carboxylic acid groups (broad SMARTS) is 1. The Bertz CT molecular complexity index is 694. The monoisotopic (exact) mass is 332 g/mol. The minimum Gasteiger partial charge on any atom is -0.480 e. The van der Waals surface area contributed by atoms with Gasteiger partial charge in [0.15, 0.2) is 0 Å². The molecule has 0 saturated carbocycles. The minimum absolute atomic E-state index is 0.0413. The average molecular weight is 332 g/mol. The Hall–Kier alpha value is -1.95. The Morgan fingerprint density at radius 1 is 1.35 bits per heavy atom. The first-order chi connectivity index (χ1) is 11.1. The normalized spacial score (nSPS) is 20.5. The first-order valence-electron chi connectivity index (χ1n) is 7.94. The Morgan fingerprint density at radius 3 is 2.83 bits per heavy atom. The zero-order valence-corrected chi connectivity index (χ0v) is 13.9. The molecule has 0 bridgehead atoms. The highest BCUT2D eigenvalue weighted by molar-refractivity contribution is 7.18. The van der Waals surface area contributed by atoms with Gasteiger partial charge in [0.1, 0.15) is 6.04 Å². The molecule has 23 heavy (non-hydrogen) atoms. The zero-order valence-electron chi connectivity index (χ0n) is 13.1. The van der Waals surface area contributed by atoms with Gasteiger partial charge in [-0.3, -0.25) is 4.79 Å². The van der Waals surface area contributed by atoms with Crippen molar-refractivity contribution in [2.75, 3.05) is 0 Å². The quantitative estimate of drug-likeness (QED) is 0.825. The standard InChI is InChI=1S/C17H20N2O3S/c1-11-10-13(17(21)22)19(11)16(20)9-5-4-8-15-18-12-6-2-3-7-14(12)23-15/h2-3,6-7,11,13H,4-5,8-10H2,1H3,(H,21,22). The second kappa shape index (κ2) is 6.66. The number of carboxylic acids is 1. The third-order valence-electron chi connectivity index (χ3n) is 4.32. The van der Waals surface area contributed by atoms with Crippen LogP contribution < -0.4 is 0 Å². The SMILES string of the molecule is CC1CC(C(=O)O)N1C(=O)CCCCc1nc2ccccc2s1. The van der Waals surface area contributed by atoms with E-state index < -0.39 is 12.0 Å². The highest BCUT2D eigenvalue weighted by Gasteiger charge is 2.42. The number of hydrogen-bond donors (Lipinski definition) is 1. The summed E-state index contributed by atoms with van der Waals surface area (Å²) in [6.07, 6.45) is 3.51. The largest absolute Gasteiger partial charge is 0.480 e. The van der Waals surface area contributed by atoms with Crippen molar-refractivity contribution in [1.29, 1.82) is 0 Å². The number of aryl methyl sites for hydroxylation is 1. The number of carbonyl (C=O) groups excluding carboxylic acids is 1. The van der Waals surface area contributed by atoms with Gasteiger partial charge in [0, 0.05) is 12.5 Å². The van der Waals surface area contributed by atoms with Crippen LogP contribution in [0.4, 0.5) is 0 Å². The van der Waals surface area contributed by atoms with Gasteiger partial charge in [0.2, 0.25) is 5.91 Å². The molecular weight excluding hydrogens is 312 g/mol. The molecule has 5 nitrogen and oxygen atoms in total. The average Bonchev–Trinajstić information content (AvgIpc) is 2.91. The van der Waals surface area contributed by atoms with Crippen molar-refractivity contribution in [3.8, 4) is 0 Å². The van der Waals surface area contributed by atoms with E-state index in [9.17, 15) is 9.59 Å². The Balaban J connectivity index is 1.46. The predicted octanol–water partition coefficient (Wildman–Crippen LogP) is 3.08. The molecule has 0 radical (unpaired) electrons. The van der Waals surface area contributed by atoms with Gasteiger partial charge in [0.25, 0.3) is 0 Å². The van der Waals surface area contributed by atoms with E-state index in [1.165, 1.54) is 9.60 Å². The summed E-state index contributed by atoms with van der Waals surface area (Å²) in [6.45, 7) is 1.90. The van der Waals surface area contributed by atoms with Crippen LogP contribution in [0.25, 0.3) is 10.2 Å². The summed E-state index contributed by atoms with van der Waals surface area (Å²) in [6, 6.07) is 7.50. The highest BCUT2D eigenvalue weighted by Crippen LogP contribution is 2.27. The van der Waals surface area contributed by atoms with Crippen molar-refractivity contribution < 1.29 is 14.7 Å². The molecule has 1 aliphatic heterocycles. The molecule has 2 unspecified atom stereocenters. The van der Waals surface area contributed by atoms with E-state index in [4.69, 9.17) is 5.11 Å². The number of carbonyl (C=O) groups is 2. The van der Waals surface area contributed by atoms with Crippen LogP contribution in [0.1, 0.15) is 37.6 Å².